The van der Waals surface area contributed by atoms with Gasteiger partial charge in [-0.2, -0.15) is 0 Å². The number of rotatable bonds is 4. The Morgan fingerprint density at radius 2 is 1.74 bits per heavy atom. The summed E-state index contributed by atoms with van der Waals surface area (Å²) in [7, 11) is 0. The molecule has 6 heteroatoms. The highest BCUT2D eigenvalue weighted by atomic mass is 16.2. The van der Waals surface area contributed by atoms with E-state index in [9.17, 15) is 9.59 Å². The van der Waals surface area contributed by atoms with Gasteiger partial charge >= 0.3 is 5.69 Å². The molecule has 2 aromatic heterocycles. The maximum atomic E-state index is 13.8. The largest absolute Gasteiger partial charge is 0.337 e. The molecule has 174 valence electrons. The fraction of sp³-hybridized carbons (Fsp3) is 0.321. The number of fused-ring (bicyclic) bond motifs is 1. The first kappa shape index (κ1) is 22.3. The third kappa shape index (κ3) is 4.10. The summed E-state index contributed by atoms with van der Waals surface area (Å²) in [4.78, 5) is 31.8. The van der Waals surface area contributed by atoms with E-state index in [4.69, 9.17) is 5.73 Å². The minimum Gasteiger partial charge on any atom is -0.328 e. The summed E-state index contributed by atoms with van der Waals surface area (Å²) < 4.78 is 3.00. The fourth-order valence-electron chi connectivity index (χ4n) is 5.07. The van der Waals surface area contributed by atoms with Crippen molar-refractivity contribution in [2.24, 2.45) is 11.7 Å². The average molecular weight is 455 g/mol. The SMILES string of the molecule is Cc1cnc2c(c1)c(=O)n(CC1CCC(N)CC1)c(=O)n2-c1cccc(-c2ccccc2C)c1. The lowest BCUT2D eigenvalue weighted by molar-refractivity contribution is 0.288. The van der Waals surface area contributed by atoms with Crippen molar-refractivity contribution >= 4 is 11.0 Å². The summed E-state index contributed by atoms with van der Waals surface area (Å²) in [6.07, 6.45) is 5.43. The zero-order chi connectivity index (χ0) is 23.8. The van der Waals surface area contributed by atoms with Crippen molar-refractivity contribution in [3.8, 4) is 16.8 Å². The number of nitrogens with two attached hydrogens (primary N) is 1. The molecule has 2 heterocycles. The van der Waals surface area contributed by atoms with Crippen molar-refractivity contribution in [2.75, 3.05) is 0 Å². The molecule has 0 saturated heterocycles. The quantitative estimate of drug-likeness (QED) is 0.497. The van der Waals surface area contributed by atoms with Gasteiger partial charge in [0.15, 0.2) is 5.65 Å². The Bertz CT molecular complexity index is 1480. The van der Waals surface area contributed by atoms with Crippen molar-refractivity contribution in [1.29, 1.82) is 0 Å². The Morgan fingerprint density at radius 1 is 0.971 bits per heavy atom. The molecular formula is C28H30N4O2. The predicted octanol–water partition coefficient (Wildman–Crippen LogP) is 4.35. The maximum absolute atomic E-state index is 13.8. The van der Waals surface area contributed by atoms with Gasteiger partial charge in [-0.15, -0.1) is 0 Å². The number of nitrogens with zero attached hydrogens (tertiary/aromatic N) is 3. The fourth-order valence-corrected chi connectivity index (χ4v) is 5.07. The Kier molecular flexibility index (Phi) is 5.92. The standard InChI is InChI=1S/C28H30N4O2/c1-18-14-25-26(30-16-18)32(23-8-5-7-21(15-23)24-9-4-3-6-19(24)2)28(34)31(27(25)33)17-20-10-12-22(29)13-11-20/h3-9,14-16,20,22H,10-13,17,29H2,1-2H3. The van der Waals surface area contributed by atoms with Crippen LogP contribution in [0, 0.1) is 19.8 Å². The molecule has 4 aromatic rings. The molecule has 1 saturated carbocycles. The second kappa shape index (κ2) is 9.03. The van der Waals surface area contributed by atoms with Crippen LogP contribution in [-0.2, 0) is 6.54 Å². The molecule has 2 N–H and O–H groups in total. The van der Waals surface area contributed by atoms with E-state index in [1.807, 2.05) is 49.4 Å². The molecule has 0 radical (unpaired) electrons. The summed E-state index contributed by atoms with van der Waals surface area (Å²) in [5.74, 6) is 0.271. The monoisotopic (exact) mass is 454 g/mol. The Balaban J connectivity index is 1.70. The maximum Gasteiger partial charge on any atom is 0.337 e. The van der Waals surface area contributed by atoms with Gasteiger partial charge in [0.2, 0.25) is 0 Å². The van der Waals surface area contributed by atoms with Crippen LogP contribution in [-0.4, -0.2) is 20.2 Å². The van der Waals surface area contributed by atoms with Gasteiger partial charge in [0.05, 0.1) is 11.1 Å². The van der Waals surface area contributed by atoms with Gasteiger partial charge in [-0.1, -0.05) is 36.4 Å². The Hall–Kier alpha value is -3.51. The number of pyridine rings is 1. The summed E-state index contributed by atoms with van der Waals surface area (Å²) in [5.41, 5.74) is 10.7. The molecule has 34 heavy (non-hydrogen) atoms. The van der Waals surface area contributed by atoms with E-state index >= 15 is 0 Å². The number of benzene rings is 2. The number of aromatic nitrogens is 3. The van der Waals surface area contributed by atoms with Gasteiger partial charge in [0.1, 0.15) is 0 Å². The lowest BCUT2D eigenvalue weighted by Crippen LogP contribution is -2.42. The highest BCUT2D eigenvalue weighted by molar-refractivity contribution is 5.77. The van der Waals surface area contributed by atoms with Gasteiger partial charge in [0.25, 0.3) is 5.56 Å². The van der Waals surface area contributed by atoms with Crippen LogP contribution in [0.1, 0.15) is 36.8 Å². The summed E-state index contributed by atoms with van der Waals surface area (Å²) in [6.45, 7) is 4.39. The minimum atomic E-state index is -0.342. The van der Waals surface area contributed by atoms with Crippen LogP contribution in [0.2, 0.25) is 0 Å². The van der Waals surface area contributed by atoms with E-state index in [0.29, 0.717) is 23.3 Å². The van der Waals surface area contributed by atoms with Crippen LogP contribution in [0.15, 0.2) is 70.4 Å². The normalized spacial score (nSPS) is 18.3. The smallest absolute Gasteiger partial charge is 0.328 e. The molecule has 2 aromatic carbocycles. The summed E-state index contributed by atoms with van der Waals surface area (Å²) in [5, 5.41) is 0.466. The van der Waals surface area contributed by atoms with Gasteiger partial charge in [0, 0.05) is 18.8 Å². The van der Waals surface area contributed by atoms with Crippen LogP contribution >= 0.6 is 0 Å². The van der Waals surface area contributed by atoms with E-state index in [0.717, 1.165) is 47.9 Å². The lowest BCUT2D eigenvalue weighted by atomic mass is 9.86. The first-order valence-electron chi connectivity index (χ1n) is 12.0. The lowest BCUT2D eigenvalue weighted by Gasteiger charge is -2.26. The molecule has 0 unspecified atom stereocenters. The third-order valence-electron chi connectivity index (χ3n) is 7.01. The average Bonchev–Trinajstić information content (AvgIpc) is 2.84. The van der Waals surface area contributed by atoms with Crippen LogP contribution in [0.4, 0.5) is 0 Å². The molecule has 0 aliphatic heterocycles. The molecule has 0 spiro atoms. The molecule has 1 aliphatic rings. The van der Waals surface area contributed by atoms with Gasteiger partial charge < -0.3 is 5.73 Å². The van der Waals surface area contributed by atoms with Crippen molar-refractivity contribution in [3.63, 3.8) is 0 Å². The van der Waals surface area contributed by atoms with Crippen LogP contribution in [0.25, 0.3) is 27.8 Å². The van der Waals surface area contributed by atoms with Crippen molar-refractivity contribution in [1.82, 2.24) is 14.1 Å². The highest BCUT2D eigenvalue weighted by Gasteiger charge is 2.23. The van der Waals surface area contributed by atoms with Crippen LogP contribution < -0.4 is 17.0 Å². The molecule has 1 aliphatic carbocycles. The molecule has 1 fully saturated rings. The summed E-state index contributed by atoms with van der Waals surface area (Å²) >= 11 is 0. The number of aryl methyl sites for hydroxylation is 2. The van der Waals surface area contributed by atoms with E-state index in [1.54, 1.807) is 10.8 Å². The predicted molar refractivity (Wildman–Crippen MR) is 136 cm³/mol. The second-order valence-electron chi connectivity index (χ2n) is 9.56. The van der Waals surface area contributed by atoms with E-state index in [1.165, 1.54) is 4.57 Å². The molecule has 5 rings (SSSR count). The van der Waals surface area contributed by atoms with E-state index < -0.39 is 0 Å². The van der Waals surface area contributed by atoms with Crippen LogP contribution in [0.3, 0.4) is 0 Å². The highest BCUT2D eigenvalue weighted by Crippen LogP contribution is 2.26. The minimum absolute atomic E-state index is 0.220. The molecule has 0 bridgehead atoms. The van der Waals surface area contributed by atoms with Gasteiger partial charge in [-0.3, -0.25) is 9.36 Å². The Labute approximate surface area is 198 Å². The zero-order valence-electron chi connectivity index (χ0n) is 19.7. The number of hydrogen-bond donors (Lipinski definition) is 1. The van der Waals surface area contributed by atoms with E-state index in [2.05, 4.69) is 24.0 Å². The second-order valence-corrected chi connectivity index (χ2v) is 9.56. The van der Waals surface area contributed by atoms with Crippen molar-refractivity contribution in [3.05, 3.63) is 92.8 Å². The molecule has 0 amide bonds. The molecule has 6 nitrogen and oxygen atoms in total. The first-order chi connectivity index (χ1) is 16.4. The summed E-state index contributed by atoms with van der Waals surface area (Å²) in [6, 6.07) is 18.1. The van der Waals surface area contributed by atoms with Crippen molar-refractivity contribution < 1.29 is 0 Å². The van der Waals surface area contributed by atoms with Gasteiger partial charge in [-0.25, -0.2) is 14.3 Å². The molecule has 0 atom stereocenters. The molecular weight excluding hydrogens is 424 g/mol. The van der Waals surface area contributed by atoms with Gasteiger partial charge in [-0.05, 0) is 85.9 Å². The van der Waals surface area contributed by atoms with E-state index in [-0.39, 0.29) is 23.2 Å². The zero-order valence-corrected chi connectivity index (χ0v) is 19.7. The Morgan fingerprint density at radius 3 is 2.50 bits per heavy atom. The number of hydrogen-bond acceptors (Lipinski definition) is 4. The first-order valence-corrected chi connectivity index (χ1v) is 12.0. The van der Waals surface area contributed by atoms with Crippen LogP contribution in [0.5, 0.6) is 0 Å². The topological polar surface area (TPSA) is 82.9 Å². The third-order valence-corrected chi connectivity index (χ3v) is 7.01. The van der Waals surface area contributed by atoms with Crippen molar-refractivity contribution in [2.45, 2.75) is 52.1 Å².